The number of hydrogen-bond acceptors (Lipinski definition) is 2. The molecule has 1 rings (SSSR count). The van der Waals surface area contributed by atoms with Gasteiger partial charge in [0.05, 0.1) is 0 Å². The van der Waals surface area contributed by atoms with Crippen LogP contribution in [0.3, 0.4) is 0 Å². The molecular weight excluding hydrogens is 264 g/mol. The quantitative estimate of drug-likeness (QED) is 0.900. The van der Waals surface area contributed by atoms with Crippen LogP contribution in [0.1, 0.15) is 30.5 Å². The number of halogens is 1. The van der Waals surface area contributed by atoms with Crippen LogP contribution in [0, 0.1) is 6.92 Å². The molecule has 0 radical (unpaired) electrons. The van der Waals surface area contributed by atoms with Crippen LogP contribution >= 0.6 is 15.9 Å². The molecule has 1 atom stereocenters. The smallest absolute Gasteiger partial charge is 0.0467 e. The highest BCUT2D eigenvalue weighted by Crippen LogP contribution is 2.23. The van der Waals surface area contributed by atoms with E-state index in [0.717, 1.165) is 17.4 Å². The van der Waals surface area contributed by atoms with E-state index in [0.29, 0.717) is 12.6 Å². The van der Waals surface area contributed by atoms with Gasteiger partial charge in [-0.15, -0.1) is 0 Å². The number of benzene rings is 1. The van der Waals surface area contributed by atoms with E-state index in [4.69, 9.17) is 5.73 Å². The summed E-state index contributed by atoms with van der Waals surface area (Å²) >= 11 is 3.52. The largest absolute Gasteiger partial charge is 0.329 e. The van der Waals surface area contributed by atoms with Crippen LogP contribution in [0.15, 0.2) is 22.7 Å². The molecular formula is C13H21BrN2. The average Bonchev–Trinajstić information content (AvgIpc) is 2.25. The lowest BCUT2D eigenvalue weighted by atomic mass is 10.0. The molecule has 2 N–H and O–H groups in total. The fourth-order valence-electron chi connectivity index (χ4n) is 1.95. The topological polar surface area (TPSA) is 29.3 Å². The van der Waals surface area contributed by atoms with E-state index >= 15 is 0 Å². The van der Waals surface area contributed by atoms with E-state index < -0.39 is 0 Å². The highest BCUT2D eigenvalue weighted by molar-refractivity contribution is 9.10. The van der Waals surface area contributed by atoms with E-state index in [1.807, 2.05) is 0 Å². The summed E-state index contributed by atoms with van der Waals surface area (Å²) in [5.74, 6) is 0. The first-order valence-electron chi connectivity index (χ1n) is 5.76. The van der Waals surface area contributed by atoms with Crippen molar-refractivity contribution in [3.8, 4) is 0 Å². The van der Waals surface area contributed by atoms with Gasteiger partial charge < -0.3 is 5.73 Å². The van der Waals surface area contributed by atoms with Crippen LogP contribution in [-0.4, -0.2) is 25.0 Å². The van der Waals surface area contributed by atoms with Crippen LogP contribution < -0.4 is 5.73 Å². The number of nitrogens with two attached hydrogens (primary N) is 1. The first-order valence-corrected chi connectivity index (χ1v) is 6.55. The van der Waals surface area contributed by atoms with E-state index in [9.17, 15) is 0 Å². The SMILES string of the molecule is CCCN(C)C(CN)c1ccc(Br)c(C)c1. The van der Waals surface area contributed by atoms with Gasteiger partial charge in [0.15, 0.2) is 0 Å². The zero-order valence-electron chi connectivity index (χ0n) is 10.3. The minimum absolute atomic E-state index is 0.326. The third kappa shape index (κ3) is 3.30. The Balaban J connectivity index is 2.90. The van der Waals surface area contributed by atoms with Crippen molar-refractivity contribution in [3.05, 3.63) is 33.8 Å². The van der Waals surface area contributed by atoms with Gasteiger partial charge in [0.25, 0.3) is 0 Å². The molecule has 0 heterocycles. The standard InChI is InChI=1S/C13H21BrN2/c1-4-7-16(3)13(9-15)11-5-6-12(14)10(2)8-11/h5-6,8,13H,4,7,9,15H2,1-3H3. The number of rotatable bonds is 5. The van der Waals surface area contributed by atoms with Crippen LogP contribution in [0.25, 0.3) is 0 Å². The zero-order valence-corrected chi connectivity index (χ0v) is 11.9. The van der Waals surface area contributed by atoms with E-state index in [1.165, 1.54) is 11.1 Å². The molecule has 16 heavy (non-hydrogen) atoms. The maximum absolute atomic E-state index is 5.87. The Hall–Kier alpha value is -0.380. The minimum atomic E-state index is 0.326. The summed E-state index contributed by atoms with van der Waals surface area (Å²) in [7, 11) is 2.14. The van der Waals surface area contributed by atoms with E-state index in [1.54, 1.807) is 0 Å². The van der Waals surface area contributed by atoms with Gasteiger partial charge in [0.2, 0.25) is 0 Å². The Morgan fingerprint density at radius 1 is 1.44 bits per heavy atom. The van der Waals surface area contributed by atoms with Gasteiger partial charge >= 0.3 is 0 Å². The van der Waals surface area contributed by atoms with Crippen molar-refractivity contribution in [1.82, 2.24) is 4.90 Å². The fourth-order valence-corrected chi connectivity index (χ4v) is 2.20. The van der Waals surface area contributed by atoms with E-state index in [2.05, 4.69) is 59.9 Å². The fraction of sp³-hybridized carbons (Fsp3) is 0.538. The molecule has 1 unspecified atom stereocenters. The molecule has 0 bridgehead atoms. The Bertz CT molecular complexity index is 339. The second-order valence-corrected chi connectivity index (χ2v) is 5.10. The van der Waals surface area contributed by atoms with Crippen molar-refractivity contribution < 1.29 is 0 Å². The van der Waals surface area contributed by atoms with Crippen molar-refractivity contribution in [2.75, 3.05) is 20.1 Å². The molecule has 0 fully saturated rings. The lowest BCUT2D eigenvalue weighted by molar-refractivity contribution is 0.250. The molecule has 0 spiro atoms. The monoisotopic (exact) mass is 284 g/mol. The van der Waals surface area contributed by atoms with Crippen molar-refractivity contribution in [2.24, 2.45) is 5.73 Å². The Kier molecular flexibility index (Phi) is 5.46. The van der Waals surface area contributed by atoms with Crippen molar-refractivity contribution >= 4 is 15.9 Å². The maximum atomic E-state index is 5.87. The molecule has 0 aliphatic rings. The molecule has 1 aromatic carbocycles. The van der Waals surface area contributed by atoms with Gasteiger partial charge in [0, 0.05) is 17.1 Å². The Labute approximate surface area is 107 Å². The summed E-state index contributed by atoms with van der Waals surface area (Å²) in [6.07, 6.45) is 1.16. The molecule has 0 amide bonds. The Morgan fingerprint density at radius 3 is 2.62 bits per heavy atom. The van der Waals surface area contributed by atoms with Crippen molar-refractivity contribution in [3.63, 3.8) is 0 Å². The van der Waals surface area contributed by atoms with Crippen LogP contribution in [0.2, 0.25) is 0 Å². The van der Waals surface area contributed by atoms with Gasteiger partial charge in [-0.1, -0.05) is 35.0 Å². The second-order valence-electron chi connectivity index (χ2n) is 4.24. The molecule has 0 aliphatic carbocycles. The molecule has 0 saturated carbocycles. The van der Waals surface area contributed by atoms with E-state index in [-0.39, 0.29) is 0 Å². The van der Waals surface area contributed by atoms with Crippen molar-refractivity contribution in [2.45, 2.75) is 26.3 Å². The highest BCUT2D eigenvalue weighted by Gasteiger charge is 2.14. The summed E-state index contributed by atoms with van der Waals surface area (Å²) in [4.78, 5) is 2.32. The first-order chi connectivity index (χ1) is 7.60. The summed E-state index contributed by atoms with van der Waals surface area (Å²) in [5, 5.41) is 0. The van der Waals surface area contributed by atoms with Crippen LogP contribution in [0.4, 0.5) is 0 Å². The number of aryl methyl sites for hydroxylation is 1. The third-order valence-corrected chi connectivity index (χ3v) is 3.79. The third-order valence-electron chi connectivity index (χ3n) is 2.90. The van der Waals surface area contributed by atoms with Gasteiger partial charge in [-0.2, -0.15) is 0 Å². The number of likely N-dealkylation sites (N-methyl/N-ethyl adjacent to an activating group) is 1. The second kappa shape index (κ2) is 6.38. The number of nitrogens with zero attached hydrogens (tertiary/aromatic N) is 1. The molecule has 0 aromatic heterocycles. The predicted octanol–water partition coefficient (Wildman–Crippen LogP) is 3.10. The first kappa shape index (κ1) is 13.7. The number of hydrogen-bond donors (Lipinski definition) is 1. The van der Waals surface area contributed by atoms with Gasteiger partial charge in [-0.05, 0) is 44.1 Å². The summed E-state index contributed by atoms with van der Waals surface area (Å²) < 4.78 is 1.16. The zero-order chi connectivity index (χ0) is 12.1. The summed E-state index contributed by atoms with van der Waals surface area (Å²) in [5.41, 5.74) is 8.44. The summed E-state index contributed by atoms with van der Waals surface area (Å²) in [6.45, 7) is 6.05. The van der Waals surface area contributed by atoms with Gasteiger partial charge in [0.1, 0.15) is 0 Å². The molecule has 0 aliphatic heterocycles. The predicted molar refractivity (Wildman–Crippen MR) is 73.6 cm³/mol. The lowest BCUT2D eigenvalue weighted by Gasteiger charge is -2.27. The summed E-state index contributed by atoms with van der Waals surface area (Å²) in [6, 6.07) is 6.80. The average molecular weight is 285 g/mol. The maximum Gasteiger partial charge on any atom is 0.0467 e. The molecule has 3 heteroatoms. The molecule has 2 nitrogen and oxygen atoms in total. The molecule has 0 saturated heterocycles. The van der Waals surface area contributed by atoms with Crippen LogP contribution in [0.5, 0.6) is 0 Å². The molecule has 1 aromatic rings. The van der Waals surface area contributed by atoms with Crippen LogP contribution in [-0.2, 0) is 0 Å². The normalized spacial score (nSPS) is 13.1. The molecule has 90 valence electrons. The highest BCUT2D eigenvalue weighted by atomic mass is 79.9. The minimum Gasteiger partial charge on any atom is -0.329 e. The van der Waals surface area contributed by atoms with Crippen molar-refractivity contribution in [1.29, 1.82) is 0 Å². The Morgan fingerprint density at radius 2 is 2.12 bits per heavy atom. The van der Waals surface area contributed by atoms with Gasteiger partial charge in [-0.25, -0.2) is 0 Å². The van der Waals surface area contributed by atoms with Gasteiger partial charge in [-0.3, -0.25) is 4.90 Å². The lowest BCUT2D eigenvalue weighted by Crippen LogP contribution is -2.31.